The molecule has 0 bridgehead atoms. The van der Waals surface area contributed by atoms with E-state index < -0.39 is 28.8 Å². The Labute approximate surface area is 138 Å². The van der Waals surface area contributed by atoms with Gasteiger partial charge in [-0.05, 0) is 38.1 Å². The first kappa shape index (κ1) is 17.5. The summed E-state index contributed by atoms with van der Waals surface area (Å²) in [6, 6.07) is 3.23. The van der Waals surface area contributed by atoms with Crippen LogP contribution >= 0.6 is 23.1 Å². The third kappa shape index (κ3) is 3.90. The van der Waals surface area contributed by atoms with E-state index >= 15 is 0 Å². The lowest BCUT2D eigenvalue weighted by atomic mass is 9.97. The summed E-state index contributed by atoms with van der Waals surface area (Å²) < 4.78 is -0.523. The molecule has 3 N–H and O–H groups in total. The lowest BCUT2D eigenvalue weighted by Gasteiger charge is -2.24. The fraction of sp³-hybridized carbons (Fsp3) is 0.600. The lowest BCUT2D eigenvalue weighted by Crippen LogP contribution is -2.47. The number of aryl methyl sites for hydroxylation is 1. The van der Waals surface area contributed by atoms with E-state index in [2.05, 4.69) is 5.32 Å². The first-order valence-corrected chi connectivity index (χ1v) is 8.93. The summed E-state index contributed by atoms with van der Waals surface area (Å²) in [5.74, 6) is -1.55. The van der Waals surface area contributed by atoms with E-state index in [1.807, 2.05) is 31.4 Å². The largest absolute Gasteiger partial charge is 0.480 e. The fourth-order valence-corrected chi connectivity index (χ4v) is 4.94. The molecule has 0 aliphatic carbocycles. The number of hydrogen-bond donors (Lipinski definition) is 3. The highest BCUT2D eigenvalue weighted by Crippen LogP contribution is 2.41. The SMILES string of the molecule is CC1(C)S[C@H]([C@H](C=O)[C@H](O)CCc2cccs2)N[C@H]1C(=O)O. The van der Waals surface area contributed by atoms with Gasteiger partial charge in [0, 0.05) is 9.62 Å². The molecular formula is C15H21NO4S2. The maximum atomic E-state index is 11.4. The molecule has 2 heterocycles. The molecule has 0 saturated carbocycles. The third-order valence-corrected chi connectivity index (χ3v) is 6.41. The molecule has 2 rings (SSSR count). The molecule has 122 valence electrons. The van der Waals surface area contributed by atoms with Crippen LogP contribution in [0.15, 0.2) is 17.5 Å². The summed E-state index contributed by atoms with van der Waals surface area (Å²) in [6.07, 6.45) is 1.16. The van der Waals surface area contributed by atoms with Gasteiger partial charge in [-0.3, -0.25) is 10.1 Å². The van der Waals surface area contributed by atoms with Gasteiger partial charge < -0.3 is 15.0 Å². The number of carboxylic acid groups (broad SMARTS) is 1. The van der Waals surface area contributed by atoms with Crippen molar-refractivity contribution in [3.8, 4) is 0 Å². The van der Waals surface area contributed by atoms with Gasteiger partial charge in [0.15, 0.2) is 0 Å². The Balaban J connectivity index is 1.99. The van der Waals surface area contributed by atoms with Crippen molar-refractivity contribution in [2.75, 3.05) is 0 Å². The summed E-state index contributed by atoms with van der Waals surface area (Å²) in [5.41, 5.74) is 0. The predicted octanol–water partition coefficient (Wildman–Crippen LogP) is 1.75. The molecule has 1 aromatic rings. The minimum absolute atomic E-state index is 0.382. The zero-order chi connectivity index (χ0) is 16.3. The predicted molar refractivity (Wildman–Crippen MR) is 88.2 cm³/mol. The van der Waals surface area contributed by atoms with Gasteiger partial charge in [-0.15, -0.1) is 23.1 Å². The van der Waals surface area contributed by atoms with Crippen molar-refractivity contribution in [2.24, 2.45) is 5.92 Å². The van der Waals surface area contributed by atoms with E-state index in [4.69, 9.17) is 0 Å². The monoisotopic (exact) mass is 343 g/mol. The standard InChI is InChI=1S/C15H21NO4S2/c1-15(2)12(14(19)20)16-13(22-15)10(8-17)11(18)6-5-9-4-3-7-21-9/h3-4,7-8,10-13,16,18H,5-6H2,1-2H3,(H,19,20)/t10-,11-,12+,13-/m1/s1. The Bertz CT molecular complexity index is 518. The zero-order valence-corrected chi connectivity index (χ0v) is 14.2. The molecule has 1 aliphatic heterocycles. The molecule has 0 aromatic carbocycles. The van der Waals surface area contributed by atoms with Crippen molar-refractivity contribution in [3.63, 3.8) is 0 Å². The Morgan fingerprint density at radius 3 is 2.77 bits per heavy atom. The van der Waals surface area contributed by atoms with Crippen LogP contribution in [0.4, 0.5) is 0 Å². The summed E-state index contributed by atoms with van der Waals surface area (Å²) >= 11 is 3.03. The summed E-state index contributed by atoms with van der Waals surface area (Å²) in [7, 11) is 0. The van der Waals surface area contributed by atoms with Gasteiger partial charge in [0.05, 0.1) is 17.4 Å². The number of aldehydes is 1. The summed E-state index contributed by atoms with van der Waals surface area (Å²) in [4.78, 5) is 23.9. The van der Waals surface area contributed by atoms with E-state index in [0.717, 1.165) is 6.29 Å². The molecule has 7 heteroatoms. The quantitative estimate of drug-likeness (QED) is 0.654. The van der Waals surface area contributed by atoms with E-state index in [1.165, 1.54) is 16.6 Å². The Hall–Kier alpha value is -0.890. The van der Waals surface area contributed by atoms with Crippen LogP contribution in [0.2, 0.25) is 0 Å². The molecule has 0 spiro atoms. The number of aliphatic hydroxyl groups is 1. The highest BCUT2D eigenvalue weighted by atomic mass is 32.2. The summed E-state index contributed by atoms with van der Waals surface area (Å²) in [5, 5.41) is 24.2. The van der Waals surface area contributed by atoms with Crippen molar-refractivity contribution in [1.82, 2.24) is 5.32 Å². The van der Waals surface area contributed by atoms with Gasteiger partial charge in [0.25, 0.3) is 0 Å². The lowest BCUT2D eigenvalue weighted by molar-refractivity contribution is -0.140. The Morgan fingerprint density at radius 1 is 1.55 bits per heavy atom. The molecule has 22 heavy (non-hydrogen) atoms. The van der Waals surface area contributed by atoms with E-state index in [0.29, 0.717) is 12.8 Å². The normalized spacial score (nSPS) is 26.5. The van der Waals surface area contributed by atoms with E-state index in [-0.39, 0.29) is 5.37 Å². The highest BCUT2D eigenvalue weighted by molar-refractivity contribution is 8.01. The van der Waals surface area contributed by atoms with Crippen molar-refractivity contribution < 1.29 is 19.8 Å². The topological polar surface area (TPSA) is 86.6 Å². The maximum absolute atomic E-state index is 11.4. The minimum atomic E-state index is -0.933. The van der Waals surface area contributed by atoms with Gasteiger partial charge in [-0.2, -0.15) is 0 Å². The first-order valence-electron chi connectivity index (χ1n) is 7.17. The van der Waals surface area contributed by atoms with Gasteiger partial charge in [-0.1, -0.05) is 6.07 Å². The van der Waals surface area contributed by atoms with Crippen LogP contribution in [0.25, 0.3) is 0 Å². The second kappa shape index (κ2) is 7.12. The molecule has 1 fully saturated rings. The van der Waals surface area contributed by atoms with Crippen molar-refractivity contribution in [3.05, 3.63) is 22.4 Å². The van der Waals surface area contributed by atoms with E-state index in [1.54, 1.807) is 11.3 Å². The molecule has 1 aliphatic rings. The van der Waals surface area contributed by atoms with Crippen LogP contribution in [0.3, 0.4) is 0 Å². The second-order valence-corrected chi connectivity index (χ2v) is 8.81. The molecular weight excluding hydrogens is 322 g/mol. The van der Waals surface area contributed by atoms with Gasteiger partial charge in [0.1, 0.15) is 12.3 Å². The van der Waals surface area contributed by atoms with Crippen LogP contribution in [-0.4, -0.2) is 44.7 Å². The fourth-order valence-electron chi connectivity index (χ4n) is 2.65. The zero-order valence-electron chi connectivity index (χ0n) is 12.6. The van der Waals surface area contributed by atoms with Crippen LogP contribution < -0.4 is 5.32 Å². The molecule has 5 nitrogen and oxygen atoms in total. The number of thioether (sulfide) groups is 1. The number of hydrogen-bond acceptors (Lipinski definition) is 6. The van der Waals surface area contributed by atoms with Gasteiger partial charge in [-0.25, -0.2) is 0 Å². The number of carbonyl (C=O) groups excluding carboxylic acids is 1. The van der Waals surface area contributed by atoms with Crippen LogP contribution in [0.5, 0.6) is 0 Å². The minimum Gasteiger partial charge on any atom is -0.480 e. The van der Waals surface area contributed by atoms with Crippen molar-refractivity contribution >= 4 is 35.4 Å². The maximum Gasteiger partial charge on any atom is 0.322 e. The molecule has 1 aromatic heterocycles. The summed E-state index contributed by atoms with van der Waals surface area (Å²) in [6.45, 7) is 3.67. The number of carbonyl (C=O) groups is 2. The molecule has 1 saturated heterocycles. The molecule has 0 unspecified atom stereocenters. The molecule has 0 amide bonds. The number of aliphatic hydroxyl groups excluding tert-OH is 1. The number of carboxylic acids is 1. The van der Waals surface area contributed by atoms with Crippen molar-refractivity contribution in [2.45, 2.75) is 49.0 Å². The highest BCUT2D eigenvalue weighted by Gasteiger charge is 2.48. The van der Waals surface area contributed by atoms with Crippen LogP contribution in [-0.2, 0) is 16.0 Å². The average molecular weight is 343 g/mol. The second-order valence-electron chi connectivity index (χ2n) is 5.98. The van der Waals surface area contributed by atoms with E-state index in [9.17, 15) is 19.8 Å². The number of rotatable bonds is 7. The number of thiophene rings is 1. The van der Waals surface area contributed by atoms with Gasteiger partial charge >= 0.3 is 5.97 Å². The van der Waals surface area contributed by atoms with Crippen molar-refractivity contribution in [1.29, 1.82) is 0 Å². The van der Waals surface area contributed by atoms with Crippen LogP contribution in [0.1, 0.15) is 25.1 Å². The third-order valence-electron chi connectivity index (χ3n) is 3.92. The number of nitrogens with one attached hydrogen (secondary N) is 1. The smallest absolute Gasteiger partial charge is 0.322 e. The van der Waals surface area contributed by atoms with Gasteiger partial charge in [0.2, 0.25) is 0 Å². The first-order chi connectivity index (χ1) is 10.3. The Kier molecular flexibility index (Phi) is 5.65. The number of aliphatic carboxylic acids is 1. The van der Waals surface area contributed by atoms with Crippen LogP contribution in [0, 0.1) is 5.92 Å². The molecule has 0 radical (unpaired) electrons. The average Bonchev–Trinajstić information content (AvgIpc) is 3.04. The molecule has 4 atom stereocenters. The Morgan fingerprint density at radius 2 is 2.27 bits per heavy atom.